The Bertz CT molecular complexity index is 607. The standard InChI is InChI=1S/C13H14N2O3S/c1-8(2)15-12(16)6-18-13(17)9-3-4-10-11(5-9)19-7-14-10/h3-5,7-8H,6H2,1-2H3,(H,15,16). The molecule has 0 saturated carbocycles. The van der Waals surface area contributed by atoms with E-state index in [0.717, 1.165) is 10.2 Å². The minimum absolute atomic E-state index is 0.0275. The summed E-state index contributed by atoms with van der Waals surface area (Å²) in [4.78, 5) is 27.3. The van der Waals surface area contributed by atoms with Gasteiger partial charge in [0.15, 0.2) is 6.61 Å². The third kappa shape index (κ3) is 3.51. The summed E-state index contributed by atoms with van der Waals surface area (Å²) < 4.78 is 5.87. The lowest BCUT2D eigenvalue weighted by atomic mass is 10.2. The van der Waals surface area contributed by atoms with Crippen molar-refractivity contribution in [2.45, 2.75) is 19.9 Å². The maximum Gasteiger partial charge on any atom is 0.338 e. The monoisotopic (exact) mass is 278 g/mol. The van der Waals surface area contributed by atoms with E-state index in [1.165, 1.54) is 11.3 Å². The molecule has 2 rings (SSSR count). The van der Waals surface area contributed by atoms with Crippen molar-refractivity contribution in [3.63, 3.8) is 0 Å². The van der Waals surface area contributed by atoms with Crippen LogP contribution >= 0.6 is 11.3 Å². The van der Waals surface area contributed by atoms with Crippen LogP contribution in [0, 0.1) is 0 Å². The summed E-state index contributed by atoms with van der Waals surface area (Å²) in [7, 11) is 0. The Kier molecular flexibility index (Phi) is 4.11. The molecule has 0 aliphatic heterocycles. The smallest absolute Gasteiger partial charge is 0.338 e. The maximum absolute atomic E-state index is 11.8. The number of carbonyl (C=O) groups excluding carboxylic acids is 2. The number of hydrogen-bond donors (Lipinski definition) is 1. The quantitative estimate of drug-likeness (QED) is 0.868. The van der Waals surface area contributed by atoms with Crippen molar-refractivity contribution in [1.29, 1.82) is 0 Å². The Hall–Kier alpha value is -1.95. The molecule has 100 valence electrons. The summed E-state index contributed by atoms with van der Waals surface area (Å²) in [6, 6.07) is 5.15. The second-order valence-electron chi connectivity index (χ2n) is 4.33. The van der Waals surface area contributed by atoms with Crippen LogP contribution in [0.25, 0.3) is 10.2 Å². The van der Waals surface area contributed by atoms with Crippen molar-refractivity contribution in [3.8, 4) is 0 Å². The Morgan fingerprint density at radius 2 is 2.21 bits per heavy atom. The molecule has 0 aliphatic rings. The van der Waals surface area contributed by atoms with Crippen LogP contribution in [0.2, 0.25) is 0 Å². The first-order valence-electron chi connectivity index (χ1n) is 5.86. The molecule has 1 aromatic carbocycles. The molecule has 0 aliphatic carbocycles. The normalized spacial score (nSPS) is 10.7. The molecule has 0 radical (unpaired) electrons. The Balaban J connectivity index is 1.97. The van der Waals surface area contributed by atoms with Gasteiger partial charge in [-0.3, -0.25) is 4.79 Å². The fraction of sp³-hybridized carbons (Fsp3) is 0.308. The minimum Gasteiger partial charge on any atom is -0.452 e. The van der Waals surface area contributed by atoms with E-state index in [4.69, 9.17) is 4.74 Å². The second kappa shape index (κ2) is 5.79. The molecule has 0 fully saturated rings. The molecular formula is C13H14N2O3S. The molecule has 2 aromatic rings. The van der Waals surface area contributed by atoms with Crippen molar-refractivity contribution in [2.75, 3.05) is 6.61 Å². The zero-order valence-corrected chi connectivity index (χ0v) is 11.5. The van der Waals surface area contributed by atoms with Gasteiger partial charge < -0.3 is 10.1 Å². The van der Waals surface area contributed by atoms with E-state index in [1.54, 1.807) is 23.7 Å². The van der Waals surface area contributed by atoms with Gasteiger partial charge in [0.2, 0.25) is 0 Å². The summed E-state index contributed by atoms with van der Waals surface area (Å²) in [5.74, 6) is -0.809. The highest BCUT2D eigenvalue weighted by Gasteiger charge is 2.11. The van der Waals surface area contributed by atoms with E-state index >= 15 is 0 Å². The third-order valence-corrected chi connectivity index (χ3v) is 3.14. The number of carbonyl (C=O) groups is 2. The first kappa shape index (κ1) is 13.5. The average Bonchev–Trinajstić information content (AvgIpc) is 2.82. The van der Waals surface area contributed by atoms with Crippen LogP contribution in [-0.4, -0.2) is 29.5 Å². The molecule has 1 amide bonds. The molecule has 5 nitrogen and oxygen atoms in total. The SMILES string of the molecule is CC(C)NC(=O)COC(=O)c1ccc2ncsc2c1. The van der Waals surface area contributed by atoms with Crippen LogP contribution in [0.1, 0.15) is 24.2 Å². The molecule has 0 saturated heterocycles. The van der Waals surface area contributed by atoms with Crippen LogP contribution in [0.3, 0.4) is 0 Å². The van der Waals surface area contributed by atoms with Crippen molar-refractivity contribution in [3.05, 3.63) is 29.3 Å². The number of rotatable bonds is 4. The molecule has 19 heavy (non-hydrogen) atoms. The zero-order chi connectivity index (χ0) is 13.8. The molecule has 0 atom stereocenters. The number of aromatic nitrogens is 1. The van der Waals surface area contributed by atoms with Crippen LogP contribution in [0.4, 0.5) is 0 Å². The molecule has 1 heterocycles. The predicted octanol–water partition coefficient (Wildman–Crippen LogP) is 1.98. The molecule has 0 bridgehead atoms. The van der Waals surface area contributed by atoms with Crippen molar-refractivity contribution in [2.24, 2.45) is 0 Å². The average molecular weight is 278 g/mol. The highest BCUT2D eigenvalue weighted by molar-refractivity contribution is 7.16. The van der Waals surface area contributed by atoms with Gasteiger partial charge in [-0.1, -0.05) is 0 Å². The number of thiazole rings is 1. The Morgan fingerprint density at radius 3 is 2.95 bits per heavy atom. The highest BCUT2D eigenvalue weighted by atomic mass is 32.1. The minimum atomic E-state index is -0.505. The van der Waals surface area contributed by atoms with Gasteiger partial charge in [-0.05, 0) is 32.0 Å². The van der Waals surface area contributed by atoms with Crippen LogP contribution in [0.5, 0.6) is 0 Å². The van der Waals surface area contributed by atoms with Crippen molar-refractivity contribution < 1.29 is 14.3 Å². The van der Waals surface area contributed by atoms with Gasteiger partial charge in [-0.2, -0.15) is 0 Å². The molecular weight excluding hydrogens is 264 g/mol. The maximum atomic E-state index is 11.8. The van der Waals surface area contributed by atoms with Gasteiger partial charge in [0.05, 0.1) is 21.3 Å². The highest BCUT2D eigenvalue weighted by Crippen LogP contribution is 2.19. The lowest BCUT2D eigenvalue weighted by molar-refractivity contribution is -0.124. The Morgan fingerprint density at radius 1 is 1.42 bits per heavy atom. The topological polar surface area (TPSA) is 68.3 Å². The number of amides is 1. The van der Waals surface area contributed by atoms with Gasteiger partial charge in [-0.15, -0.1) is 11.3 Å². The molecule has 6 heteroatoms. The van der Waals surface area contributed by atoms with Crippen molar-refractivity contribution >= 4 is 33.4 Å². The van der Waals surface area contributed by atoms with Gasteiger partial charge in [0.25, 0.3) is 5.91 Å². The molecule has 1 aromatic heterocycles. The second-order valence-corrected chi connectivity index (χ2v) is 5.22. The lowest BCUT2D eigenvalue weighted by Gasteiger charge is -2.08. The van der Waals surface area contributed by atoms with E-state index < -0.39 is 5.97 Å². The van der Waals surface area contributed by atoms with E-state index in [9.17, 15) is 9.59 Å². The van der Waals surface area contributed by atoms with E-state index in [0.29, 0.717) is 5.56 Å². The van der Waals surface area contributed by atoms with E-state index in [-0.39, 0.29) is 18.6 Å². The lowest BCUT2D eigenvalue weighted by Crippen LogP contribution is -2.33. The number of nitrogens with zero attached hydrogens (tertiary/aromatic N) is 1. The van der Waals surface area contributed by atoms with Crippen LogP contribution < -0.4 is 5.32 Å². The molecule has 0 unspecified atom stereocenters. The fourth-order valence-corrected chi connectivity index (χ4v) is 2.28. The number of hydrogen-bond acceptors (Lipinski definition) is 5. The van der Waals surface area contributed by atoms with E-state index in [1.807, 2.05) is 13.8 Å². The third-order valence-electron chi connectivity index (χ3n) is 2.35. The zero-order valence-electron chi connectivity index (χ0n) is 10.7. The number of ether oxygens (including phenoxy) is 1. The Labute approximate surface area is 114 Å². The van der Waals surface area contributed by atoms with Gasteiger partial charge in [0.1, 0.15) is 0 Å². The number of nitrogens with one attached hydrogen (secondary N) is 1. The largest absolute Gasteiger partial charge is 0.452 e. The van der Waals surface area contributed by atoms with E-state index in [2.05, 4.69) is 10.3 Å². The first-order chi connectivity index (χ1) is 9.06. The summed E-state index contributed by atoms with van der Waals surface area (Å²) in [6.07, 6.45) is 0. The first-order valence-corrected chi connectivity index (χ1v) is 6.74. The number of esters is 1. The van der Waals surface area contributed by atoms with Gasteiger partial charge in [-0.25, -0.2) is 9.78 Å². The number of benzene rings is 1. The molecule has 0 spiro atoms. The predicted molar refractivity (Wildman–Crippen MR) is 73.2 cm³/mol. The van der Waals surface area contributed by atoms with Crippen LogP contribution in [-0.2, 0) is 9.53 Å². The van der Waals surface area contributed by atoms with Gasteiger partial charge in [0, 0.05) is 6.04 Å². The fourth-order valence-electron chi connectivity index (χ4n) is 1.56. The summed E-state index contributed by atoms with van der Waals surface area (Å²) in [5.41, 5.74) is 2.99. The van der Waals surface area contributed by atoms with Gasteiger partial charge >= 0.3 is 5.97 Å². The van der Waals surface area contributed by atoms with Crippen LogP contribution in [0.15, 0.2) is 23.7 Å². The molecule has 1 N–H and O–H groups in total. The summed E-state index contributed by atoms with van der Waals surface area (Å²) in [6.45, 7) is 3.42. The summed E-state index contributed by atoms with van der Waals surface area (Å²) in [5, 5.41) is 2.65. The number of fused-ring (bicyclic) bond motifs is 1. The van der Waals surface area contributed by atoms with Crippen molar-refractivity contribution in [1.82, 2.24) is 10.3 Å². The summed E-state index contributed by atoms with van der Waals surface area (Å²) >= 11 is 1.45.